The minimum Gasteiger partial charge on any atom is -0.490 e. The van der Waals surface area contributed by atoms with Crippen LogP contribution < -0.4 is 4.74 Å². The molecule has 2 aromatic rings. The maximum atomic E-state index is 13.0. The minimum atomic E-state index is 0.142. The molecule has 0 bridgehead atoms. The fourth-order valence-corrected chi connectivity index (χ4v) is 4.97. The number of hydrogen-bond acceptors (Lipinski definition) is 4. The molecule has 0 atom stereocenters. The van der Waals surface area contributed by atoms with Gasteiger partial charge < -0.3 is 14.5 Å². The van der Waals surface area contributed by atoms with Crippen LogP contribution in [-0.4, -0.2) is 78.6 Å². The third kappa shape index (κ3) is 5.62. The summed E-state index contributed by atoms with van der Waals surface area (Å²) in [6.45, 7) is 15.9. The van der Waals surface area contributed by atoms with Crippen molar-refractivity contribution in [1.82, 2.24) is 14.7 Å². The van der Waals surface area contributed by atoms with E-state index < -0.39 is 0 Å². The predicted molar refractivity (Wildman–Crippen MR) is 131 cm³/mol. The summed E-state index contributed by atoms with van der Waals surface area (Å²) in [5.74, 6) is 1.79. The SMILES string of the molecule is CC(C)CN1CCC(Oc2ccc3cc(C(=O)N4CCN(C(C)C)CC4)ccc3c2)CC1. The standard InChI is InChI=1S/C27H39N3O2/c1-20(2)19-28-11-9-25(10-12-28)32-26-8-7-22-17-24(6-5-23(22)18-26)27(31)30-15-13-29(14-16-30)21(3)4/h5-8,17-18,20-21,25H,9-16,19H2,1-4H3. The van der Waals surface area contributed by atoms with Crippen molar-refractivity contribution in [2.24, 2.45) is 5.92 Å². The molecule has 0 aliphatic carbocycles. The number of amides is 1. The highest BCUT2D eigenvalue weighted by Crippen LogP contribution is 2.26. The average molecular weight is 438 g/mol. The van der Waals surface area contributed by atoms with E-state index in [1.165, 1.54) is 6.54 Å². The van der Waals surface area contributed by atoms with Crippen molar-refractivity contribution in [2.75, 3.05) is 45.8 Å². The molecule has 0 saturated carbocycles. The van der Waals surface area contributed by atoms with Gasteiger partial charge in [-0.25, -0.2) is 0 Å². The van der Waals surface area contributed by atoms with Crippen molar-refractivity contribution in [3.8, 4) is 5.75 Å². The second-order valence-corrected chi connectivity index (χ2v) is 10.2. The quantitative estimate of drug-likeness (QED) is 0.666. The summed E-state index contributed by atoms with van der Waals surface area (Å²) in [6.07, 6.45) is 2.46. The molecule has 5 nitrogen and oxygen atoms in total. The molecular formula is C27H39N3O2. The van der Waals surface area contributed by atoms with Crippen molar-refractivity contribution < 1.29 is 9.53 Å². The van der Waals surface area contributed by atoms with E-state index in [2.05, 4.69) is 61.8 Å². The summed E-state index contributed by atoms with van der Waals surface area (Å²) in [5.41, 5.74) is 0.779. The summed E-state index contributed by atoms with van der Waals surface area (Å²) in [7, 11) is 0. The van der Waals surface area contributed by atoms with Crippen molar-refractivity contribution in [3.63, 3.8) is 0 Å². The van der Waals surface area contributed by atoms with E-state index in [9.17, 15) is 4.79 Å². The Balaban J connectivity index is 1.36. The maximum Gasteiger partial charge on any atom is 0.253 e. The Labute approximate surface area is 193 Å². The zero-order valence-electron chi connectivity index (χ0n) is 20.2. The predicted octanol–water partition coefficient (Wildman–Crippen LogP) is 4.51. The van der Waals surface area contributed by atoms with Gasteiger partial charge in [0, 0.05) is 57.4 Å². The van der Waals surface area contributed by atoms with Crippen LogP contribution in [0, 0.1) is 5.92 Å². The van der Waals surface area contributed by atoms with Crippen LogP contribution in [0.15, 0.2) is 36.4 Å². The molecular weight excluding hydrogens is 398 g/mol. The number of carbonyl (C=O) groups excluding carboxylic acids is 1. The third-order valence-electron chi connectivity index (χ3n) is 6.85. The van der Waals surface area contributed by atoms with E-state index in [1.807, 2.05) is 17.0 Å². The van der Waals surface area contributed by atoms with Crippen molar-refractivity contribution in [2.45, 2.75) is 52.7 Å². The van der Waals surface area contributed by atoms with Crippen LogP contribution in [0.25, 0.3) is 10.8 Å². The third-order valence-corrected chi connectivity index (χ3v) is 6.85. The van der Waals surface area contributed by atoms with Crippen LogP contribution in [0.4, 0.5) is 0 Å². The highest BCUT2D eigenvalue weighted by Gasteiger charge is 2.24. The van der Waals surface area contributed by atoms with Gasteiger partial charge in [-0.15, -0.1) is 0 Å². The molecule has 2 aliphatic heterocycles. The molecule has 0 N–H and O–H groups in total. The van der Waals surface area contributed by atoms with Crippen molar-refractivity contribution >= 4 is 16.7 Å². The zero-order chi connectivity index (χ0) is 22.7. The van der Waals surface area contributed by atoms with Crippen LogP contribution in [-0.2, 0) is 0 Å². The molecule has 0 aromatic heterocycles. The Bertz CT molecular complexity index is 910. The summed E-state index contributed by atoms with van der Waals surface area (Å²) < 4.78 is 6.31. The number of ether oxygens (including phenoxy) is 1. The van der Waals surface area contributed by atoms with Crippen molar-refractivity contribution in [3.05, 3.63) is 42.0 Å². The van der Waals surface area contributed by atoms with Gasteiger partial charge in [0.2, 0.25) is 0 Å². The number of benzene rings is 2. The van der Waals surface area contributed by atoms with E-state index in [-0.39, 0.29) is 5.91 Å². The molecule has 174 valence electrons. The first kappa shape index (κ1) is 23.1. The number of piperazine rings is 1. The second kappa shape index (κ2) is 10.2. The number of hydrogen-bond donors (Lipinski definition) is 0. The molecule has 1 amide bonds. The van der Waals surface area contributed by atoms with E-state index in [0.717, 1.165) is 80.1 Å². The van der Waals surface area contributed by atoms with Gasteiger partial charge in [-0.05, 0) is 67.6 Å². The average Bonchev–Trinajstić information content (AvgIpc) is 2.79. The number of piperidine rings is 1. The Hall–Kier alpha value is -2.11. The van der Waals surface area contributed by atoms with Gasteiger partial charge in [0.1, 0.15) is 11.9 Å². The highest BCUT2D eigenvalue weighted by molar-refractivity contribution is 5.98. The molecule has 5 heteroatoms. The fraction of sp³-hybridized carbons (Fsp3) is 0.593. The minimum absolute atomic E-state index is 0.142. The zero-order valence-corrected chi connectivity index (χ0v) is 20.2. The van der Waals surface area contributed by atoms with Gasteiger partial charge >= 0.3 is 0 Å². The lowest BCUT2D eigenvalue weighted by Crippen LogP contribution is -2.50. The van der Waals surface area contributed by atoms with E-state index in [4.69, 9.17) is 4.74 Å². The van der Waals surface area contributed by atoms with Gasteiger partial charge in [-0.3, -0.25) is 9.69 Å². The summed E-state index contributed by atoms with van der Waals surface area (Å²) in [6, 6.07) is 12.9. The summed E-state index contributed by atoms with van der Waals surface area (Å²) in [5, 5.41) is 2.22. The van der Waals surface area contributed by atoms with Gasteiger partial charge in [-0.1, -0.05) is 26.0 Å². The summed E-state index contributed by atoms with van der Waals surface area (Å²) in [4.78, 5) is 20.0. The van der Waals surface area contributed by atoms with Crippen LogP contribution in [0.5, 0.6) is 5.75 Å². The smallest absolute Gasteiger partial charge is 0.253 e. The maximum absolute atomic E-state index is 13.0. The van der Waals surface area contributed by atoms with Gasteiger partial charge in [-0.2, -0.15) is 0 Å². The lowest BCUT2D eigenvalue weighted by atomic mass is 10.0. The van der Waals surface area contributed by atoms with Crippen LogP contribution in [0.3, 0.4) is 0 Å². The van der Waals surface area contributed by atoms with Gasteiger partial charge in [0.15, 0.2) is 0 Å². The molecule has 4 rings (SSSR count). The molecule has 2 saturated heterocycles. The number of nitrogens with zero attached hydrogens (tertiary/aromatic N) is 3. The second-order valence-electron chi connectivity index (χ2n) is 10.2. The Morgan fingerprint density at radius 2 is 1.56 bits per heavy atom. The summed E-state index contributed by atoms with van der Waals surface area (Å²) >= 11 is 0. The number of rotatable bonds is 6. The first-order chi connectivity index (χ1) is 15.4. The molecule has 2 fully saturated rings. The van der Waals surface area contributed by atoms with E-state index in [0.29, 0.717) is 12.1 Å². The Morgan fingerprint density at radius 1 is 0.906 bits per heavy atom. The van der Waals surface area contributed by atoms with E-state index >= 15 is 0 Å². The molecule has 0 spiro atoms. The number of likely N-dealkylation sites (tertiary alicyclic amines) is 1. The Morgan fingerprint density at radius 3 is 2.22 bits per heavy atom. The Kier molecular flexibility index (Phi) is 7.37. The first-order valence-electron chi connectivity index (χ1n) is 12.3. The molecule has 2 aromatic carbocycles. The fourth-order valence-electron chi connectivity index (χ4n) is 4.97. The molecule has 32 heavy (non-hydrogen) atoms. The topological polar surface area (TPSA) is 36.0 Å². The highest BCUT2D eigenvalue weighted by atomic mass is 16.5. The normalized spacial score (nSPS) is 19.2. The van der Waals surface area contributed by atoms with Crippen molar-refractivity contribution in [1.29, 1.82) is 0 Å². The number of fused-ring (bicyclic) bond motifs is 1. The molecule has 2 aliphatic rings. The van der Waals surface area contributed by atoms with Gasteiger partial charge in [0.25, 0.3) is 5.91 Å². The monoisotopic (exact) mass is 437 g/mol. The lowest BCUT2D eigenvalue weighted by molar-refractivity contribution is 0.0595. The molecule has 0 radical (unpaired) electrons. The molecule has 0 unspecified atom stereocenters. The van der Waals surface area contributed by atoms with E-state index in [1.54, 1.807) is 0 Å². The van der Waals surface area contributed by atoms with Crippen LogP contribution >= 0.6 is 0 Å². The lowest BCUT2D eigenvalue weighted by Gasteiger charge is -2.37. The number of carbonyl (C=O) groups is 1. The van der Waals surface area contributed by atoms with Crippen LogP contribution in [0.2, 0.25) is 0 Å². The first-order valence-corrected chi connectivity index (χ1v) is 12.3. The van der Waals surface area contributed by atoms with Crippen LogP contribution in [0.1, 0.15) is 50.9 Å². The largest absolute Gasteiger partial charge is 0.490 e. The van der Waals surface area contributed by atoms with Gasteiger partial charge in [0.05, 0.1) is 0 Å². The molecule has 2 heterocycles.